The molecule has 3 heteroatoms. The number of hydrogen-bond acceptors (Lipinski definition) is 3. The van der Waals surface area contributed by atoms with Gasteiger partial charge in [-0.05, 0) is 6.08 Å². The van der Waals surface area contributed by atoms with Crippen LogP contribution in [0.2, 0.25) is 0 Å². The fourth-order valence-electron chi connectivity index (χ4n) is 0.285. The molecule has 46 valence electrons. The van der Waals surface area contributed by atoms with Crippen molar-refractivity contribution in [2.75, 3.05) is 14.2 Å². The second-order valence-corrected chi connectivity index (χ2v) is 1.08. The molecular formula is C5H10N2O. The molecule has 0 saturated carbocycles. The molecule has 0 aliphatic rings. The molecule has 0 aliphatic carbocycles. The van der Waals surface area contributed by atoms with Gasteiger partial charge in [-0.1, -0.05) is 6.58 Å². The summed E-state index contributed by atoms with van der Waals surface area (Å²) in [6, 6.07) is 0. The van der Waals surface area contributed by atoms with Crippen molar-refractivity contribution in [1.82, 2.24) is 5.43 Å². The lowest BCUT2D eigenvalue weighted by molar-refractivity contribution is 0.402. The second-order valence-electron chi connectivity index (χ2n) is 1.08. The normalized spacial score (nSPS) is 10.5. The molecule has 0 aromatic heterocycles. The molecule has 0 aromatic carbocycles. The number of ether oxygens (including phenoxy) is 1. The summed E-state index contributed by atoms with van der Waals surface area (Å²) in [4.78, 5) is 0. The average Bonchev–Trinajstić information content (AvgIpc) is 1.83. The summed E-state index contributed by atoms with van der Waals surface area (Å²) in [5.74, 6) is 0.493. The molecule has 0 unspecified atom stereocenters. The highest BCUT2D eigenvalue weighted by Gasteiger charge is 1.83. The van der Waals surface area contributed by atoms with Crippen molar-refractivity contribution in [3.05, 3.63) is 12.7 Å². The zero-order valence-electron chi connectivity index (χ0n) is 5.14. The second kappa shape index (κ2) is 4.18. The van der Waals surface area contributed by atoms with E-state index in [1.165, 1.54) is 13.2 Å². The van der Waals surface area contributed by atoms with E-state index in [0.717, 1.165) is 0 Å². The van der Waals surface area contributed by atoms with Gasteiger partial charge >= 0.3 is 0 Å². The summed E-state index contributed by atoms with van der Waals surface area (Å²) in [5.41, 5.74) is 2.56. The lowest BCUT2D eigenvalue weighted by Gasteiger charge is -1.94. The van der Waals surface area contributed by atoms with Crippen LogP contribution in [0.3, 0.4) is 0 Å². The molecular weight excluding hydrogens is 104 g/mol. The summed E-state index contributed by atoms with van der Waals surface area (Å²) < 4.78 is 4.71. The summed E-state index contributed by atoms with van der Waals surface area (Å²) in [6.45, 7) is 3.45. The van der Waals surface area contributed by atoms with Crippen LogP contribution in [0.5, 0.6) is 0 Å². The Kier molecular flexibility index (Phi) is 3.66. The van der Waals surface area contributed by atoms with Gasteiger partial charge in [0.15, 0.2) is 0 Å². The smallest absolute Gasteiger partial charge is 0.229 e. The van der Waals surface area contributed by atoms with Crippen LogP contribution in [-0.2, 0) is 4.74 Å². The van der Waals surface area contributed by atoms with Crippen LogP contribution in [0, 0.1) is 0 Å². The summed E-state index contributed by atoms with van der Waals surface area (Å²) in [7, 11) is 3.24. The topological polar surface area (TPSA) is 33.6 Å². The molecule has 1 N–H and O–H groups in total. The Morgan fingerprint density at radius 2 is 2.50 bits per heavy atom. The number of rotatable bonds is 2. The van der Waals surface area contributed by atoms with Crippen molar-refractivity contribution >= 4 is 5.90 Å². The number of methoxy groups -OCH3 is 1. The zero-order chi connectivity index (χ0) is 6.41. The quantitative estimate of drug-likeness (QED) is 0.319. The third kappa shape index (κ3) is 2.23. The van der Waals surface area contributed by atoms with Crippen molar-refractivity contribution in [2.45, 2.75) is 0 Å². The van der Waals surface area contributed by atoms with Crippen molar-refractivity contribution in [3.8, 4) is 0 Å². The van der Waals surface area contributed by atoms with Gasteiger partial charge in [-0.2, -0.15) is 0 Å². The predicted octanol–water partition coefficient (Wildman–Crippen LogP) is 0.352. The Balaban J connectivity index is 3.66. The van der Waals surface area contributed by atoms with Gasteiger partial charge in [0.25, 0.3) is 0 Å². The number of hydrazone groups is 1. The SMILES string of the molecule is C=C/C(=N\NC)OC. The third-order valence-electron chi connectivity index (χ3n) is 0.606. The predicted molar refractivity (Wildman–Crippen MR) is 33.7 cm³/mol. The van der Waals surface area contributed by atoms with E-state index in [1.54, 1.807) is 7.05 Å². The number of hydrogen-bond donors (Lipinski definition) is 1. The first kappa shape index (κ1) is 7.01. The van der Waals surface area contributed by atoms with Gasteiger partial charge in [-0.25, -0.2) is 0 Å². The van der Waals surface area contributed by atoms with Crippen LogP contribution in [0.1, 0.15) is 0 Å². The molecule has 0 amide bonds. The first-order chi connectivity index (χ1) is 3.85. The molecule has 0 saturated heterocycles. The molecule has 0 bridgehead atoms. The number of nitrogens with zero attached hydrogens (tertiary/aromatic N) is 1. The van der Waals surface area contributed by atoms with E-state index < -0.39 is 0 Å². The Bertz CT molecular complexity index is 98.6. The minimum Gasteiger partial charge on any atom is -0.480 e. The minimum atomic E-state index is 0.493. The maximum atomic E-state index is 4.71. The van der Waals surface area contributed by atoms with Crippen LogP contribution in [0.25, 0.3) is 0 Å². The van der Waals surface area contributed by atoms with E-state index >= 15 is 0 Å². The Morgan fingerprint density at radius 3 is 2.62 bits per heavy atom. The molecule has 0 spiro atoms. The fraction of sp³-hybridized carbons (Fsp3) is 0.400. The van der Waals surface area contributed by atoms with Gasteiger partial charge in [-0.15, -0.1) is 5.10 Å². The molecule has 0 aliphatic heterocycles. The lowest BCUT2D eigenvalue weighted by atomic mass is 10.6. The highest BCUT2D eigenvalue weighted by molar-refractivity contribution is 5.86. The van der Waals surface area contributed by atoms with E-state index in [1.807, 2.05) is 0 Å². The monoisotopic (exact) mass is 114 g/mol. The summed E-state index contributed by atoms with van der Waals surface area (Å²) in [5, 5.41) is 3.69. The molecule has 0 fully saturated rings. The highest BCUT2D eigenvalue weighted by atomic mass is 16.5. The van der Waals surface area contributed by atoms with Crippen LogP contribution in [-0.4, -0.2) is 20.1 Å². The molecule has 0 rings (SSSR count). The van der Waals surface area contributed by atoms with E-state index in [2.05, 4.69) is 17.1 Å². The van der Waals surface area contributed by atoms with Gasteiger partial charge < -0.3 is 10.2 Å². The summed E-state index contributed by atoms with van der Waals surface area (Å²) >= 11 is 0. The van der Waals surface area contributed by atoms with Crippen molar-refractivity contribution in [3.63, 3.8) is 0 Å². The maximum absolute atomic E-state index is 4.71. The van der Waals surface area contributed by atoms with Crippen LogP contribution < -0.4 is 5.43 Å². The molecule has 0 radical (unpaired) electrons. The Labute approximate surface area is 49.0 Å². The van der Waals surface area contributed by atoms with Crippen molar-refractivity contribution < 1.29 is 4.74 Å². The first-order valence-corrected chi connectivity index (χ1v) is 2.26. The van der Waals surface area contributed by atoms with Crippen LogP contribution in [0.15, 0.2) is 17.8 Å². The van der Waals surface area contributed by atoms with Crippen molar-refractivity contribution in [1.29, 1.82) is 0 Å². The van der Waals surface area contributed by atoms with Gasteiger partial charge in [-0.3, -0.25) is 0 Å². The molecule has 8 heavy (non-hydrogen) atoms. The average molecular weight is 114 g/mol. The Hall–Kier alpha value is -0.990. The lowest BCUT2D eigenvalue weighted by Crippen LogP contribution is -2.03. The van der Waals surface area contributed by atoms with E-state index in [9.17, 15) is 0 Å². The van der Waals surface area contributed by atoms with Gasteiger partial charge in [0, 0.05) is 7.05 Å². The van der Waals surface area contributed by atoms with E-state index in [0.29, 0.717) is 5.90 Å². The largest absolute Gasteiger partial charge is 0.480 e. The van der Waals surface area contributed by atoms with E-state index in [4.69, 9.17) is 4.74 Å². The fourth-order valence-corrected chi connectivity index (χ4v) is 0.285. The maximum Gasteiger partial charge on any atom is 0.229 e. The van der Waals surface area contributed by atoms with Crippen LogP contribution in [0.4, 0.5) is 0 Å². The summed E-state index contributed by atoms with van der Waals surface area (Å²) in [6.07, 6.45) is 1.52. The van der Waals surface area contributed by atoms with E-state index in [-0.39, 0.29) is 0 Å². The minimum absolute atomic E-state index is 0.493. The zero-order valence-corrected chi connectivity index (χ0v) is 5.14. The van der Waals surface area contributed by atoms with Gasteiger partial charge in [0.05, 0.1) is 7.11 Å². The molecule has 0 atom stereocenters. The van der Waals surface area contributed by atoms with Crippen molar-refractivity contribution in [2.24, 2.45) is 5.10 Å². The Morgan fingerprint density at radius 1 is 1.88 bits per heavy atom. The third-order valence-corrected chi connectivity index (χ3v) is 0.606. The standard InChI is InChI=1S/C5H10N2O/c1-4-5(8-3)7-6-2/h4,6H,1H2,2-3H3/b7-5+. The van der Waals surface area contributed by atoms with Gasteiger partial charge in [0.1, 0.15) is 0 Å². The molecule has 3 nitrogen and oxygen atoms in total. The number of nitrogens with one attached hydrogen (secondary N) is 1. The molecule has 0 aromatic rings. The highest BCUT2D eigenvalue weighted by Crippen LogP contribution is 1.75. The van der Waals surface area contributed by atoms with Gasteiger partial charge in [0.2, 0.25) is 5.90 Å². The first-order valence-electron chi connectivity index (χ1n) is 2.26. The van der Waals surface area contributed by atoms with Crippen LogP contribution >= 0.6 is 0 Å². The molecule has 0 heterocycles.